The van der Waals surface area contributed by atoms with Gasteiger partial charge in [-0.05, 0) is 84.3 Å². The molecule has 0 atom stereocenters. The molecule has 2 nitrogen and oxygen atoms in total. The molecule has 2 aliphatic heterocycles. The van der Waals surface area contributed by atoms with Crippen molar-refractivity contribution in [3.63, 3.8) is 0 Å². The summed E-state index contributed by atoms with van der Waals surface area (Å²) < 4.78 is 0. The zero-order valence-corrected chi connectivity index (χ0v) is 22.3. The average molecular weight is 514 g/mol. The molecule has 0 radical (unpaired) electrons. The van der Waals surface area contributed by atoms with Crippen molar-refractivity contribution >= 4 is 23.2 Å². The van der Waals surface area contributed by atoms with Crippen molar-refractivity contribution < 1.29 is 0 Å². The summed E-state index contributed by atoms with van der Waals surface area (Å²) in [6.07, 6.45) is 2.09. The van der Waals surface area contributed by atoms with E-state index in [1.165, 1.54) is 44.5 Å². The monoisotopic (exact) mass is 512 g/mol. The highest BCUT2D eigenvalue weighted by molar-refractivity contribution is 6.39. The summed E-state index contributed by atoms with van der Waals surface area (Å²) in [7, 11) is 0. The maximum atomic E-state index is 7.15. The second kappa shape index (κ2) is 9.68. The van der Waals surface area contributed by atoms with Crippen molar-refractivity contribution in [3.8, 4) is 33.4 Å². The lowest BCUT2D eigenvalue weighted by molar-refractivity contribution is 0.643. The molecule has 2 aliphatic rings. The third-order valence-electron chi connectivity index (χ3n) is 7.73. The van der Waals surface area contributed by atoms with Gasteiger partial charge in [-0.3, -0.25) is 0 Å². The summed E-state index contributed by atoms with van der Waals surface area (Å²) in [6.45, 7) is 8.26. The van der Waals surface area contributed by atoms with Gasteiger partial charge >= 0.3 is 0 Å². The summed E-state index contributed by atoms with van der Waals surface area (Å²) in [6, 6.07) is 21.9. The van der Waals surface area contributed by atoms with Crippen LogP contribution in [0.2, 0.25) is 10.0 Å². The molecule has 4 aromatic rings. The number of fused-ring (bicyclic) bond motifs is 2. The van der Waals surface area contributed by atoms with Gasteiger partial charge in [-0.25, -0.2) is 0 Å². The topological polar surface area (TPSA) is 24.1 Å². The predicted octanol–water partition coefficient (Wildman–Crippen LogP) is 7.90. The highest BCUT2D eigenvalue weighted by atomic mass is 35.5. The van der Waals surface area contributed by atoms with Crippen molar-refractivity contribution in [2.45, 2.75) is 39.8 Å². The van der Waals surface area contributed by atoms with Crippen molar-refractivity contribution in [2.24, 2.45) is 0 Å². The maximum absolute atomic E-state index is 7.15. The fraction of sp³-hybridized carbons (Fsp3) is 0.250. The number of rotatable bonds is 3. The molecule has 0 spiro atoms. The molecule has 4 heteroatoms. The van der Waals surface area contributed by atoms with E-state index in [-0.39, 0.29) is 0 Å². The number of nitrogens with one attached hydrogen (secondary N) is 2. The van der Waals surface area contributed by atoms with Crippen LogP contribution in [0.25, 0.3) is 33.4 Å². The van der Waals surface area contributed by atoms with Gasteiger partial charge in [0, 0.05) is 35.3 Å². The van der Waals surface area contributed by atoms with Crippen molar-refractivity contribution in [1.29, 1.82) is 0 Å². The molecule has 0 amide bonds. The Morgan fingerprint density at radius 3 is 1.33 bits per heavy atom. The van der Waals surface area contributed by atoms with Crippen LogP contribution in [0.5, 0.6) is 0 Å². The third-order valence-corrected chi connectivity index (χ3v) is 8.55. The first-order chi connectivity index (χ1) is 17.5. The van der Waals surface area contributed by atoms with Crippen LogP contribution >= 0.6 is 23.2 Å². The lowest BCUT2D eigenvalue weighted by Crippen LogP contribution is -2.23. The minimum Gasteiger partial charge on any atom is -0.312 e. The molecular formula is C32H30Cl2N2. The van der Waals surface area contributed by atoms with Crippen LogP contribution in [0.4, 0.5) is 0 Å². The molecule has 4 aromatic carbocycles. The Kier molecular flexibility index (Phi) is 6.39. The van der Waals surface area contributed by atoms with Gasteiger partial charge in [-0.15, -0.1) is 0 Å². The van der Waals surface area contributed by atoms with Gasteiger partial charge < -0.3 is 10.6 Å². The molecule has 182 valence electrons. The summed E-state index contributed by atoms with van der Waals surface area (Å²) in [5.74, 6) is 0. The Balaban J connectivity index is 1.46. The van der Waals surface area contributed by atoms with Crippen LogP contribution in [0.3, 0.4) is 0 Å². The van der Waals surface area contributed by atoms with E-state index in [1.807, 2.05) is 0 Å². The Bertz CT molecular complexity index is 1380. The fourth-order valence-corrected chi connectivity index (χ4v) is 6.45. The molecule has 0 saturated carbocycles. The number of benzene rings is 4. The number of halogens is 2. The first-order valence-electron chi connectivity index (χ1n) is 12.8. The van der Waals surface area contributed by atoms with E-state index in [0.29, 0.717) is 0 Å². The van der Waals surface area contributed by atoms with E-state index >= 15 is 0 Å². The van der Waals surface area contributed by atoms with E-state index in [4.69, 9.17) is 23.2 Å². The van der Waals surface area contributed by atoms with E-state index in [0.717, 1.165) is 71.3 Å². The molecule has 0 aliphatic carbocycles. The average Bonchev–Trinajstić information content (AvgIpc) is 2.89. The summed E-state index contributed by atoms with van der Waals surface area (Å²) >= 11 is 14.3. The zero-order chi connectivity index (χ0) is 24.8. The smallest absolute Gasteiger partial charge is 0.0563 e. The highest BCUT2D eigenvalue weighted by Crippen LogP contribution is 2.44. The quantitative estimate of drug-likeness (QED) is 0.291. The van der Waals surface area contributed by atoms with Crippen LogP contribution < -0.4 is 10.6 Å². The number of aryl methyl sites for hydroxylation is 2. The van der Waals surface area contributed by atoms with Gasteiger partial charge in [0.25, 0.3) is 0 Å². The SMILES string of the molecule is Cc1cc2c(cc1-c1cccc(-c3cccc(-c4cc5c(cc4C)CNCC5)c3Cl)c1Cl)CCNC2. The molecule has 6 rings (SSSR count). The summed E-state index contributed by atoms with van der Waals surface area (Å²) in [4.78, 5) is 0. The second-order valence-electron chi connectivity index (χ2n) is 10.1. The van der Waals surface area contributed by atoms with Crippen LogP contribution in [0.15, 0.2) is 60.7 Å². The van der Waals surface area contributed by atoms with Gasteiger partial charge in [0.15, 0.2) is 0 Å². The summed E-state index contributed by atoms with van der Waals surface area (Å²) in [5.41, 5.74) is 14.6. The van der Waals surface area contributed by atoms with Gasteiger partial charge in [-0.2, -0.15) is 0 Å². The standard InChI is InChI=1S/C32H30Cl2N2/c1-19-13-23-17-35-11-9-21(23)15-29(19)27-7-3-5-25(31(27)33)26-6-4-8-28(32(26)34)30-16-22-10-12-36-18-24(22)14-20(30)2/h3-8,13-16,35-36H,9-12,17-18H2,1-2H3. The maximum Gasteiger partial charge on any atom is 0.0563 e. The molecule has 2 N–H and O–H groups in total. The molecule has 0 unspecified atom stereocenters. The van der Waals surface area contributed by atoms with Gasteiger partial charge in [0.2, 0.25) is 0 Å². The number of hydrogen-bond donors (Lipinski definition) is 2. The molecule has 0 bridgehead atoms. The van der Waals surface area contributed by atoms with Gasteiger partial charge in [0.1, 0.15) is 0 Å². The highest BCUT2D eigenvalue weighted by Gasteiger charge is 2.20. The van der Waals surface area contributed by atoms with Crippen LogP contribution in [0, 0.1) is 13.8 Å². The minimum atomic E-state index is 0.752. The Labute approximate surface area is 223 Å². The Morgan fingerprint density at radius 1 is 0.528 bits per heavy atom. The molecular weight excluding hydrogens is 483 g/mol. The lowest BCUT2D eigenvalue weighted by atomic mass is 9.89. The van der Waals surface area contributed by atoms with E-state index in [2.05, 4.69) is 85.1 Å². The van der Waals surface area contributed by atoms with Crippen molar-refractivity contribution in [3.05, 3.63) is 104 Å². The summed E-state index contributed by atoms with van der Waals surface area (Å²) in [5, 5.41) is 8.45. The van der Waals surface area contributed by atoms with Crippen LogP contribution in [-0.4, -0.2) is 13.1 Å². The normalized spacial score (nSPS) is 14.9. The number of hydrogen-bond acceptors (Lipinski definition) is 2. The largest absolute Gasteiger partial charge is 0.312 e. The minimum absolute atomic E-state index is 0.752. The van der Waals surface area contributed by atoms with Crippen molar-refractivity contribution in [1.82, 2.24) is 10.6 Å². The first kappa shape index (κ1) is 23.8. The Morgan fingerprint density at radius 2 is 0.917 bits per heavy atom. The zero-order valence-electron chi connectivity index (χ0n) is 20.8. The van der Waals surface area contributed by atoms with Crippen molar-refractivity contribution in [2.75, 3.05) is 13.1 Å². The molecule has 0 saturated heterocycles. The molecule has 0 aromatic heterocycles. The predicted molar refractivity (Wildman–Crippen MR) is 153 cm³/mol. The van der Waals surface area contributed by atoms with Crippen LogP contribution in [0.1, 0.15) is 33.4 Å². The molecule has 2 heterocycles. The lowest BCUT2D eigenvalue weighted by Gasteiger charge is -2.22. The van der Waals surface area contributed by atoms with Crippen LogP contribution in [-0.2, 0) is 25.9 Å². The van der Waals surface area contributed by atoms with Gasteiger partial charge in [0.05, 0.1) is 10.0 Å². The van der Waals surface area contributed by atoms with E-state index in [9.17, 15) is 0 Å². The Hall–Kier alpha value is -2.62. The molecule has 0 fully saturated rings. The molecule has 36 heavy (non-hydrogen) atoms. The third kappa shape index (κ3) is 4.17. The van der Waals surface area contributed by atoms with E-state index < -0.39 is 0 Å². The van der Waals surface area contributed by atoms with E-state index in [1.54, 1.807) is 0 Å². The van der Waals surface area contributed by atoms with Gasteiger partial charge in [-0.1, -0.05) is 83.9 Å². The fourth-order valence-electron chi connectivity index (χ4n) is 5.79. The second-order valence-corrected chi connectivity index (χ2v) is 10.8. The first-order valence-corrected chi connectivity index (χ1v) is 13.5.